The molecule has 30 nitrogen and oxygen atoms in total. The van der Waals surface area contributed by atoms with Crippen LogP contribution in [0.25, 0.3) is 0 Å². The SMILES string of the molecule is C[C@H](NC(=O)[C@@H]1CCC(=O)N1)C(=O)N[C@@H](CCCCNC(=O)OC(C)(C)C)C(=O)N[C@@H](CO)C(=O)N[C@@H](CCC(N)=O)C(=O)N[C@H](CO)C(=O)NCC(=O)N[C@@H](CO)C(=O)N[C@@H](CC(N)=O)C(=O)OC(C)(C)C. The van der Waals surface area contributed by atoms with Gasteiger partial charge in [0.2, 0.25) is 65.0 Å². The number of hydrogen-bond acceptors (Lipinski definition) is 18. The Bertz CT molecular complexity index is 2010. The van der Waals surface area contributed by atoms with Gasteiger partial charge in [-0.15, -0.1) is 0 Å². The lowest BCUT2D eigenvalue weighted by atomic mass is 10.1. The van der Waals surface area contributed by atoms with Crippen LogP contribution in [-0.4, -0.2) is 185 Å². The largest absolute Gasteiger partial charge is 0.458 e. The summed E-state index contributed by atoms with van der Waals surface area (Å²) in [6.45, 7) is 6.80. The zero-order valence-electron chi connectivity index (χ0n) is 41.9. The van der Waals surface area contributed by atoms with Crippen molar-refractivity contribution in [2.45, 2.75) is 159 Å². The highest BCUT2D eigenvalue weighted by molar-refractivity contribution is 5.98. The van der Waals surface area contributed by atoms with Crippen LogP contribution in [0.3, 0.4) is 0 Å². The fourth-order valence-corrected chi connectivity index (χ4v) is 6.26. The van der Waals surface area contributed by atoms with Crippen molar-refractivity contribution in [3.63, 3.8) is 0 Å². The minimum Gasteiger partial charge on any atom is -0.458 e. The molecule has 1 rings (SSSR count). The van der Waals surface area contributed by atoms with Crippen LogP contribution in [0, 0.1) is 0 Å². The molecular formula is C43H72N12O18. The predicted molar refractivity (Wildman–Crippen MR) is 251 cm³/mol. The van der Waals surface area contributed by atoms with Gasteiger partial charge < -0.3 is 89.4 Å². The number of hydrogen-bond donors (Lipinski definition) is 15. The summed E-state index contributed by atoms with van der Waals surface area (Å²) in [6.07, 6.45) is -1.84. The second-order valence-electron chi connectivity index (χ2n) is 18.7. The Kier molecular flexibility index (Phi) is 26.8. The summed E-state index contributed by atoms with van der Waals surface area (Å²) in [6, 6.07) is -12.3. The first-order chi connectivity index (χ1) is 33.9. The molecule has 0 radical (unpaired) electrons. The Hall–Kier alpha value is -7.21. The van der Waals surface area contributed by atoms with Crippen LogP contribution in [0.2, 0.25) is 0 Å². The summed E-state index contributed by atoms with van der Waals surface area (Å²) < 4.78 is 10.4. The van der Waals surface area contributed by atoms with Gasteiger partial charge in [0.15, 0.2) is 0 Å². The van der Waals surface area contributed by atoms with Gasteiger partial charge in [-0.3, -0.25) is 52.7 Å². The van der Waals surface area contributed by atoms with Gasteiger partial charge in [0.05, 0.1) is 32.8 Å². The molecule has 0 aliphatic carbocycles. The molecule has 0 bridgehead atoms. The number of nitrogens with one attached hydrogen (secondary N) is 10. The lowest BCUT2D eigenvalue weighted by Gasteiger charge is -2.26. The second-order valence-corrected chi connectivity index (χ2v) is 18.7. The maximum Gasteiger partial charge on any atom is 0.407 e. The second kappa shape index (κ2) is 30.6. The molecule has 1 saturated heterocycles. The molecule has 0 saturated carbocycles. The van der Waals surface area contributed by atoms with E-state index in [1.54, 1.807) is 20.8 Å². The lowest BCUT2D eigenvalue weighted by Crippen LogP contribution is -2.60. The van der Waals surface area contributed by atoms with Crippen molar-refractivity contribution in [2.24, 2.45) is 11.5 Å². The molecule has 1 aliphatic heterocycles. The van der Waals surface area contributed by atoms with Crippen LogP contribution >= 0.6 is 0 Å². The summed E-state index contributed by atoms with van der Waals surface area (Å²) in [4.78, 5) is 165. The number of carbonyl (C=O) groups is 13. The van der Waals surface area contributed by atoms with Gasteiger partial charge in [0.1, 0.15) is 59.5 Å². The van der Waals surface area contributed by atoms with Gasteiger partial charge in [0.25, 0.3) is 0 Å². The molecule has 412 valence electrons. The van der Waals surface area contributed by atoms with E-state index in [9.17, 15) is 77.6 Å². The maximum absolute atomic E-state index is 13.7. The number of aliphatic hydroxyl groups excluding tert-OH is 3. The molecule has 0 aromatic carbocycles. The minimum atomic E-state index is -1.84. The quantitative estimate of drug-likeness (QED) is 0.0235. The van der Waals surface area contributed by atoms with E-state index < -0.39 is 176 Å². The number of alkyl carbamates (subject to hydrolysis) is 1. The first kappa shape index (κ1) is 63.8. The Labute approximate surface area is 420 Å². The monoisotopic (exact) mass is 1040 g/mol. The van der Waals surface area contributed by atoms with Crippen molar-refractivity contribution < 1.29 is 87.1 Å². The summed E-state index contributed by atoms with van der Waals surface area (Å²) in [5, 5.41) is 52.8. The first-order valence-corrected chi connectivity index (χ1v) is 23.2. The minimum absolute atomic E-state index is 0.0918. The standard InChI is InChI=1S/C43H72N12O18/c1-21(48-35(65)23-12-14-31(61)49-23)33(63)51-22(10-8-9-15-46-41(71)73-43(5,6)7)36(66)55-28(20-58)39(69)52-24(11-13-29(44)59)37(67)54-26(18-56)34(64)47-17-32(62)50-27(19-57)38(68)53-25(16-30(45)60)40(70)72-42(2,3)4/h21-28,56-58H,8-20H2,1-7H3,(H2,44,59)(H2,45,60)(H,46,71)(H,47,64)(H,48,65)(H,49,61)(H,50,62)(H,51,63)(H,52,69)(H,53,68)(H,54,67)(H,55,66)/t21-,22-,23-,24-,25-,26+,27-,28-/m0/s1. The zero-order chi connectivity index (χ0) is 55.8. The van der Waals surface area contributed by atoms with E-state index in [0.29, 0.717) is 0 Å². The highest BCUT2D eigenvalue weighted by atomic mass is 16.6. The van der Waals surface area contributed by atoms with Crippen LogP contribution < -0.4 is 64.6 Å². The van der Waals surface area contributed by atoms with Crippen LogP contribution in [0.4, 0.5) is 4.79 Å². The maximum atomic E-state index is 13.7. The van der Waals surface area contributed by atoms with E-state index in [1.807, 2.05) is 0 Å². The number of unbranched alkanes of at least 4 members (excludes halogenated alkanes) is 1. The van der Waals surface area contributed by atoms with Gasteiger partial charge in [0, 0.05) is 19.4 Å². The van der Waals surface area contributed by atoms with E-state index >= 15 is 0 Å². The van der Waals surface area contributed by atoms with Gasteiger partial charge in [-0.2, -0.15) is 0 Å². The van der Waals surface area contributed by atoms with Crippen molar-refractivity contribution in [1.82, 2.24) is 53.2 Å². The number of primary amides is 2. The Balaban J connectivity index is 3.10. The third-order valence-electron chi connectivity index (χ3n) is 9.90. The number of nitrogens with two attached hydrogens (primary N) is 2. The number of ether oxygens (including phenoxy) is 2. The van der Waals surface area contributed by atoms with Crippen LogP contribution in [-0.2, 0) is 67.0 Å². The number of aliphatic hydroxyl groups is 3. The summed E-state index contributed by atoms with van der Waals surface area (Å²) in [7, 11) is 0. The summed E-state index contributed by atoms with van der Waals surface area (Å²) >= 11 is 0. The normalized spacial score (nSPS) is 16.1. The summed E-state index contributed by atoms with van der Waals surface area (Å²) in [5.74, 6) is -11.7. The number of rotatable bonds is 30. The van der Waals surface area contributed by atoms with Crippen molar-refractivity contribution in [2.75, 3.05) is 32.9 Å². The highest BCUT2D eigenvalue weighted by Gasteiger charge is 2.35. The first-order valence-electron chi connectivity index (χ1n) is 23.2. The van der Waals surface area contributed by atoms with Crippen molar-refractivity contribution in [3.05, 3.63) is 0 Å². The molecule has 1 heterocycles. The lowest BCUT2D eigenvalue weighted by molar-refractivity contribution is -0.159. The fourth-order valence-electron chi connectivity index (χ4n) is 6.26. The molecular weight excluding hydrogens is 973 g/mol. The predicted octanol–water partition coefficient (Wildman–Crippen LogP) is -7.05. The van der Waals surface area contributed by atoms with E-state index in [2.05, 4.69) is 53.2 Å². The molecule has 0 aromatic rings. The van der Waals surface area contributed by atoms with Gasteiger partial charge in [-0.05, 0) is 80.6 Å². The van der Waals surface area contributed by atoms with Crippen LogP contribution in [0.1, 0.15) is 99.8 Å². The fraction of sp³-hybridized carbons (Fsp3) is 0.698. The Morgan fingerprint density at radius 1 is 0.603 bits per heavy atom. The van der Waals surface area contributed by atoms with E-state index in [-0.39, 0.29) is 44.6 Å². The summed E-state index contributed by atoms with van der Waals surface area (Å²) in [5.41, 5.74) is 8.64. The van der Waals surface area contributed by atoms with E-state index in [4.69, 9.17) is 20.9 Å². The van der Waals surface area contributed by atoms with E-state index in [1.165, 1.54) is 27.7 Å². The zero-order valence-corrected chi connectivity index (χ0v) is 41.9. The molecule has 0 aromatic heterocycles. The molecule has 8 atom stereocenters. The number of esters is 1. The molecule has 0 spiro atoms. The van der Waals surface area contributed by atoms with Crippen LogP contribution in [0.15, 0.2) is 0 Å². The Morgan fingerprint density at radius 2 is 1.08 bits per heavy atom. The van der Waals surface area contributed by atoms with Crippen LogP contribution in [0.5, 0.6) is 0 Å². The molecule has 1 aliphatic rings. The van der Waals surface area contributed by atoms with Crippen molar-refractivity contribution >= 4 is 77.0 Å². The number of carbonyl (C=O) groups excluding carboxylic acids is 13. The van der Waals surface area contributed by atoms with Crippen molar-refractivity contribution in [3.8, 4) is 0 Å². The van der Waals surface area contributed by atoms with E-state index in [0.717, 1.165) is 0 Å². The molecule has 17 N–H and O–H groups in total. The van der Waals surface area contributed by atoms with Gasteiger partial charge >= 0.3 is 12.1 Å². The third-order valence-corrected chi connectivity index (χ3v) is 9.90. The highest BCUT2D eigenvalue weighted by Crippen LogP contribution is 2.11. The average Bonchev–Trinajstić information content (AvgIpc) is 3.73. The molecule has 12 amide bonds. The smallest absolute Gasteiger partial charge is 0.407 e. The molecule has 1 fully saturated rings. The molecule has 30 heteroatoms. The van der Waals surface area contributed by atoms with Crippen molar-refractivity contribution in [1.29, 1.82) is 0 Å². The topological polar surface area (TPSA) is 473 Å². The molecule has 73 heavy (non-hydrogen) atoms. The van der Waals surface area contributed by atoms with Gasteiger partial charge in [-0.1, -0.05) is 0 Å². The molecule has 0 unspecified atom stereocenters. The number of amides is 12. The third kappa shape index (κ3) is 25.7. The van der Waals surface area contributed by atoms with Gasteiger partial charge in [-0.25, -0.2) is 9.59 Å². The Morgan fingerprint density at radius 3 is 1.58 bits per heavy atom. The average molecular weight is 1050 g/mol.